The third kappa shape index (κ3) is 5.60. The van der Waals surface area contributed by atoms with E-state index in [-0.39, 0.29) is 30.3 Å². The Balaban J connectivity index is 1.96. The highest BCUT2D eigenvalue weighted by molar-refractivity contribution is 9.10. The molecule has 0 fully saturated rings. The molecular formula is C17H15BrF2O5. The topological polar surface area (TPSA) is 54.0 Å². The first-order chi connectivity index (χ1) is 12.0. The minimum Gasteiger partial charge on any atom is -0.493 e. The molecule has 2 aromatic rings. The van der Waals surface area contributed by atoms with Gasteiger partial charge in [0.25, 0.3) is 0 Å². The highest BCUT2D eigenvalue weighted by Gasteiger charge is 2.21. The third-order valence-corrected chi connectivity index (χ3v) is 3.50. The average molecular weight is 417 g/mol. The fourth-order valence-electron chi connectivity index (χ4n) is 1.98. The molecule has 5 nitrogen and oxygen atoms in total. The van der Waals surface area contributed by atoms with Crippen molar-refractivity contribution in [1.82, 2.24) is 0 Å². The van der Waals surface area contributed by atoms with Crippen LogP contribution in [-0.2, 0) is 4.74 Å². The Hall–Kier alpha value is -2.35. The summed E-state index contributed by atoms with van der Waals surface area (Å²) in [6, 6.07) is 11.4. The van der Waals surface area contributed by atoms with Crippen molar-refractivity contribution in [2.75, 3.05) is 20.3 Å². The number of alkyl halides is 2. The lowest BCUT2D eigenvalue weighted by atomic mass is 10.2. The Bertz CT molecular complexity index is 724. The van der Waals surface area contributed by atoms with Crippen LogP contribution < -0.4 is 14.2 Å². The molecule has 0 aliphatic heterocycles. The summed E-state index contributed by atoms with van der Waals surface area (Å²) in [6.07, 6.45) is 0. The van der Waals surface area contributed by atoms with E-state index in [0.29, 0.717) is 5.75 Å². The second kappa shape index (κ2) is 9.22. The summed E-state index contributed by atoms with van der Waals surface area (Å²) >= 11 is 3.31. The molecule has 2 aromatic carbocycles. The zero-order valence-corrected chi connectivity index (χ0v) is 14.8. The highest BCUT2D eigenvalue weighted by atomic mass is 79.9. The number of methoxy groups -OCH3 is 1. The molecule has 0 aliphatic rings. The lowest BCUT2D eigenvalue weighted by molar-refractivity contribution is -0.0518. The van der Waals surface area contributed by atoms with Crippen molar-refractivity contribution in [2.24, 2.45) is 0 Å². The van der Waals surface area contributed by atoms with Gasteiger partial charge in [0, 0.05) is 4.47 Å². The summed E-state index contributed by atoms with van der Waals surface area (Å²) in [4.78, 5) is 12.1. The largest absolute Gasteiger partial charge is 0.493 e. The zero-order valence-electron chi connectivity index (χ0n) is 13.2. The number of para-hydroxylation sites is 1. The zero-order chi connectivity index (χ0) is 18.2. The minimum atomic E-state index is -3.09. The second-order valence-corrected chi connectivity index (χ2v) is 5.57. The molecule has 0 heterocycles. The lowest BCUT2D eigenvalue weighted by Crippen LogP contribution is -2.15. The third-order valence-electron chi connectivity index (χ3n) is 3.01. The van der Waals surface area contributed by atoms with E-state index in [1.54, 1.807) is 18.2 Å². The Morgan fingerprint density at radius 2 is 1.92 bits per heavy atom. The van der Waals surface area contributed by atoms with E-state index >= 15 is 0 Å². The van der Waals surface area contributed by atoms with E-state index in [9.17, 15) is 13.6 Å². The summed E-state index contributed by atoms with van der Waals surface area (Å²) in [5.41, 5.74) is -0.151. The number of hydrogen-bond acceptors (Lipinski definition) is 5. The van der Waals surface area contributed by atoms with Crippen LogP contribution in [0.1, 0.15) is 10.4 Å². The van der Waals surface area contributed by atoms with Gasteiger partial charge in [-0.2, -0.15) is 8.78 Å². The molecule has 8 heteroatoms. The first-order valence-electron chi connectivity index (χ1n) is 7.18. The fraction of sp³-hybridized carbons (Fsp3) is 0.235. The molecule has 0 saturated heterocycles. The van der Waals surface area contributed by atoms with Gasteiger partial charge in [-0.1, -0.05) is 28.1 Å². The molecule has 2 rings (SSSR count). The molecule has 0 saturated carbocycles. The molecule has 0 unspecified atom stereocenters. The van der Waals surface area contributed by atoms with Crippen LogP contribution in [0.4, 0.5) is 8.78 Å². The molecular weight excluding hydrogens is 402 g/mol. The predicted molar refractivity (Wildman–Crippen MR) is 89.5 cm³/mol. The van der Waals surface area contributed by atoms with Crippen LogP contribution >= 0.6 is 15.9 Å². The number of carbonyl (C=O) groups is 1. The molecule has 0 bridgehead atoms. The predicted octanol–water partition coefficient (Wildman–Crippen LogP) is 4.29. The Morgan fingerprint density at radius 3 is 2.60 bits per heavy atom. The van der Waals surface area contributed by atoms with Gasteiger partial charge in [0.15, 0.2) is 11.5 Å². The molecule has 0 spiro atoms. The summed E-state index contributed by atoms with van der Waals surface area (Å²) in [5.74, 6) is -0.557. The summed E-state index contributed by atoms with van der Waals surface area (Å²) < 4.78 is 45.8. The summed E-state index contributed by atoms with van der Waals surface area (Å²) in [7, 11) is 1.29. The van der Waals surface area contributed by atoms with Gasteiger partial charge < -0.3 is 18.9 Å². The number of halogens is 3. The van der Waals surface area contributed by atoms with Crippen molar-refractivity contribution < 1.29 is 32.5 Å². The maximum atomic E-state index is 12.6. The molecule has 25 heavy (non-hydrogen) atoms. The van der Waals surface area contributed by atoms with Crippen molar-refractivity contribution in [3.63, 3.8) is 0 Å². The van der Waals surface area contributed by atoms with Crippen molar-refractivity contribution >= 4 is 21.9 Å². The number of carbonyl (C=O) groups excluding carboxylic acids is 1. The molecule has 0 radical (unpaired) electrons. The van der Waals surface area contributed by atoms with Crippen LogP contribution in [0.15, 0.2) is 46.9 Å². The van der Waals surface area contributed by atoms with E-state index in [4.69, 9.17) is 14.2 Å². The maximum Gasteiger partial charge on any atom is 0.387 e. The number of benzene rings is 2. The van der Waals surface area contributed by atoms with Gasteiger partial charge in [-0.25, -0.2) is 4.79 Å². The van der Waals surface area contributed by atoms with Crippen molar-refractivity contribution in [3.8, 4) is 17.2 Å². The Morgan fingerprint density at radius 1 is 1.16 bits per heavy atom. The van der Waals surface area contributed by atoms with E-state index < -0.39 is 12.6 Å². The van der Waals surface area contributed by atoms with Gasteiger partial charge in [-0.3, -0.25) is 0 Å². The van der Waals surface area contributed by atoms with Gasteiger partial charge in [-0.15, -0.1) is 0 Å². The number of ether oxygens (including phenoxy) is 4. The van der Waals surface area contributed by atoms with Gasteiger partial charge in [0.05, 0.1) is 7.11 Å². The SMILES string of the molecule is COc1cccc(C(=O)OCCOc2cccc(Br)c2)c1OC(F)F. The lowest BCUT2D eigenvalue weighted by Gasteiger charge is -2.14. The number of esters is 1. The minimum absolute atomic E-state index is 0.0140. The normalized spacial score (nSPS) is 10.4. The Kier molecular flexibility index (Phi) is 7.00. The van der Waals surface area contributed by atoms with E-state index in [2.05, 4.69) is 20.7 Å². The highest BCUT2D eigenvalue weighted by Crippen LogP contribution is 2.32. The van der Waals surface area contributed by atoms with Crippen LogP contribution in [0.5, 0.6) is 17.2 Å². The first-order valence-corrected chi connectivity index (χ1v) is 7.98. The van der Waals surface area contributed by atoms with Crippen LogP contribution in [0, 0.1) is 0 Å². The van der Waals surface area contributed by atoms with E-state index in [1.165, 1.54) is 25.3 Å². The second-order valence-electron chi connectivity index (χ2n) is 4.66. The van der Waals surface area contributed by atoms with Gasteiger partial charge in [0.1, 0.15) is 24.5 Å². The molecule has 0 aromatic heterocycles. The summed E-state index contributed by atoms with van der Waals surface area (Å²) in [6.45, 7) is -3.05. The van der Waals surface area contributed by atoms with Gasteiger partial charge >= 0.3 is 12.6 Å². The fourth-order valence-corrected chi connectivity index (χ4v) is 2.35. The first kappa shape index (κ1) is 19.0. The molecule has 0 aliphatic carbocycles. The molecule has 0 N–H and O–H groups in total. The van der Waals surface area contributed by atoms with Crippen molar-refractivity contribution in [2.45, 2.75) is 6.61 Å². The molecule has 0 atom stereocenters. The van der Waals surface area contributed by atoms with Crippen LogP contribution in [0.2, 0.25) is 0 Å². The maximum absolute atomic E-state index is 12.6. The van der Waals surface area contributed by atoms with Gasteiger partial charge in [0.2, 0.25) is 0 Å². The quantitative estimate of drug-likeness (QED) is 0.474. The standard InChI is InChI=1S/C17H15BrF2O5/c1-22-14-7-3-6-13(15(14)25-17(19)20)16(21)24-9-8-23-12-5-2-4-11(18)10-12/h2-7,10,17H,8-9H2,1H3. The Labute approximate surface area is 151 Å². The van der Waals surface area contributed by atoms with Crippen LogP contribution in [0.25, 0.3) is 0 Å². The van der Waals surface area contributed by atoms with E-state index in [0.717, 1.165) is 4.47 Å². The number of hydrogen-bond donors (Lipinski definition) is 0. The van der Waals surface area contributed by atoms with Crippen LogP contribution in [-0.4, -0.2) is 32.9 Å². The molecule has 0 amide bonds. The van der Waals surface area contributed by atoms with Gasteiger partial charge in [-0.05, 0) is 30.3 Å². The van der Waals surface area contributed by atoms with E-state index in [1.807, 2.05) is 6.07 Å². The van der Waals surface area contributed by atoms with Crippen molar-refractivity contribution in [3.05, 3.63) is 52.5 Å². The summed E-state index contributed by atoms with van der Waals surface area (Å²) in [5, 5.41) is 0. The monoisotopic (exact) mass is 416 g/mol. The van der Waals surface area contributed by atoms with Crippen molar-refractivity contribution in [1.29, 1.82) is 0 Å². The smallest absolute Gasteiger partial charge is 0.387 e. The van der Waals surface area contributed by atoms with Crippen LogP contribution in [0.3, 0.4) is 0 Å². The number of rotatable bonds is 8. The molecule has 134 valence electrons. The average Bonchev–Trinajstić information content (AvgIpc) is 2.58.